The molecule has 2 aliphatic heterocycles. The summed E-state index contributed by atoms with van der Waals surface area (Å²) in [6, 6.07) is 0. The van der Waals surface area contributed by atoms with Gasteiger partial charge in [0.05, 0.1) is 16.8 Å². The zero-order valence-corrected chi connectivity index (χ0v) is 12.3. The maximum absolute atomic E-state index is 5.83. The molecule has 4 aliphatic carbocycles. The number of rotatable bonds is 0. The number of hydrogen-bond acceptors (Lipinski definition) is 4. The molecule has 6 aliphatic rings. The van der Waals surface area contributed by atoms with Crippen molar-refractivity contribution in [3.8, 4) is 0 Å². The largest absolute Gasteiger partial charge is 0.392 e. The van der Waals surface area contributed by atoms with E-state index in [1.807, 2.05) is 0 Å². The van der Waals surface area contributed by atoms with Crippen molar-refractivity contribution >= 4 is 11.4 Å². The molecule has 0 saturated heterocycles. The van der Waals surface area contributed by atoms with Gasteiger partial charge in [0.25, 0.3) is 0 Å². The zero-order valence-electron chi connectivity index (χ0n) is 12.3. The van der Waals surface area contributed by atoms with Crippen LogP contribution in [-0.4, -0.2) is 23.6 Å². The Bertz CT molecular complexity index is 519. The van der Waals surface area contributed by atoms with Crippen LogP contribution in [0.1, 0.15) is 51.4 Å². The fraction of sp³-hybridized carbons (Fsp3) is 0.882. The minimum absolute atomic E-state index is 0.128. The summed E-state index contributed by atoms with van der Waals surface area (Å²) in [5, 5.41) is 9.26. The molecule has 0 bridgehead atoms. The Morgan fingerprint density at radius 3 is 1.81 bits per heavy atom. The Balaban J connectivity index is 1.48. The normalized spacial score (nSPS) is 51.0. The highest BCUT2D eigenvalue weighted by atomic mass is 16.6. The summed E-state index contributed by atoms with van der Waals surface area (Å²) in [5.41, 5.74) is 2.87. The van der Waals surface area contributed by atoms with Gasteiger partial charge < -0.3 is 9.68 Å². The van der Waals surface area contributed by atoms with Gasteiger partial charge in [-0.1, -0.05) is 10.3 Å². The lowest BCUT2D eigenvalue weighted by atomic mass is 9.78. The Labute approximate surface area is 124 Å². The lowest BCUT2D eigenvalue weighted by molar-refractivity contribution is 0.0142. The van der Waals surface area contributed by atoms with Gasteiger partial charge in [0.2, 0.25) is 0 Å². The van der Waals surface area contributed by atoms with Crippen molar-refractivity contribution in [3.63, 3.8) is 0 Å². The second kappa shape index (κ2) is 3.64. The first-order valence-corrected chi connectivity index (χ1v) is 8.85. The van der Waals surface area contributed by atoms with Crippen molar-refractivity contribution in [3.05, 3.63) is 0 Å². The molecule has 4 fully saturated rings. The first kappa shape index (κ1) is 11.5. The van der Waals surface area contributed by atoms with E-state index in [0.29, 0.717) is 24.0 Å². The van der Waals surface area contributed by atoms with Crippen LogP contribution in [0, 0.1) is 29.1 Å². The van der Waals surface area contributed by atoms with Crippen molar-refractivity contribution in [2.24, 2.45) is 39.4 Å². The quantitative estimate of drug-likeness (QED) is 0.686. The highest BCUT2D eigenvalue weighted by Gasteiger charge is 2.67. The predicted octanol–water partition coefficient (Wildman–Crippen LogP) is 3.12. The molecule has 0 unspecified atom stereocenters. The highest BCUT2D eigenvalue weighted by Crippen LogP contribution is 2.63. The lowest BCUT2D eigenvalue weighted by Crippen LogP contribution is -2.36. The minimum Gasteiger partial charge on any atom is -0.392 e. The van der Waals surface area contributed by atoms with Gasteiger partial charge in [0.15, 0.2) is 0 Å². The van der Waals surface area contributed by atoms with Crippen LogP contribution in [0.5, 0.6) is 0 Å². The minimum atomic E-state index is 0.128. The third kappa shape index (κ3) is 1.21. The van der Waals surface area contributed by atoms with E-state index in [9.17, 15) is 0 Å². The summed E-state index contributed by atoms with van der Waals surface area (Å²) in [6.45, 7) is 0. The van der Waals surface area contributed by atoms with Crippen LogP contribution >= 0.6 is 0 Å². The summed E-state index contributed by atoms with van der Waals surface area (Å²) >= 11 is 0. The molecule has 6 rings (SSSR count). The molecule has 4 heteroatoms. The van der Waals surface area contributed by atoms with E-state index < -0.39 is 0 Å². The van der Waals surface area contributed by atoms with E-state index in [0.717, 1.165) is 11.8 Å². The van der Waals surface area contributed by atoms with Crippen LogP contribution in [0.25, 0.3) is 0 Å². The maximum Gasteiger partial charge on any atom is 0.136 e. The number of nitrogens with zero attached hydrogens (tertiary/aromatic N) is 2. The third-order valence-electron chi connectivity index (χ3n) is 7.35. The van der Waals surface area contributed by atoms with Gasteiger partial charge in [-0.2, -0.15) is 0 Å². The molecule has 0 aromatic carbocycles. The Hall–Kier alpha value is -1.06. The molecule has 21 heavy (non-hydrogen) atoms. The SMILES string of the molecule is C1C[C@@H]2CC3(C[C@H]4CCC[C@H]5ON=C3[C@@H]45)C3=NO[C@H](C1)[C@@H]32. The van der Waals surface area contributed by atoms with Crippen LogP contribution in [0.4, 0.5) is 0 Å². The molecule has 0 N–H and O–H groups in total. The lowest BCUT2D eigenvalue weighted by Gasteiger charge is -2.27. The fourth-order valence-electron chi connectivity index (χ4n) is 6.69. The molecular formula is C17H22N2O2. The molecule has 6 atom stereocenters. The smallest absolute Gasteiger partial charge is 0.136 e. The van der Waals surface area contributed by atoms with Gasteiger partial charge in [-0.15, -0.1) is 0 Å². The number of hydrogen-bond donors (Lipinski definition) is 0. The summed E-state index contributed by atoms with van der Waals surface area (Å²) < 4.78 is 0. The average molecular weight is 286 g/mol. The van der Waals surface area contributed by atoms with Gasteiger partial charge in [-0.3, -0.25) is 0 Å². The van der Waals surface area contributed by atoms with Crippen LogP contribution in [-0.2, 0) is 9.68 Å². The molecule has 1 spiro atoms. The van der Waals surface area contributed by atoms with Crippen molar-refractivity contribution in [1.29, 1.82) is 0 Å². The van der Waals surface area contributed by atoms with Crippen molar-refractivity contribution in [2.75, 3.05) is 0 Å². The summed E-state index contributed by atoms with van der Waals surface area (Å²) in [5.74, 6) is 2.76. The molecular weight excluding hydrogens is 264 g/mol. The van der Waals surface area contributed by atoms with Gasteiger partial charge in [0, 0.05) is 11.8 Å². The zero-order chi connectivity index (χ0) is 13.6. The first-order valence-electron chi connectivity index (χ1n) is 8.85. The molecule has 112 valence electrons. The van der Waals surface area contributed by atoms with Crippen LogP contribution < -0.4 is 0 Å². The van der Waals surface area contributed by atoms with E-state index in [1.54, 1.807) is 0 Å². The Kier molecular flexibility index (Phi) is 1.99. The molecule has 0 aromatic rings. The van der Waals surface area contributed by atoms with Crippen LogP contribution in [0.2, 0.25) is 0 Å². The molecule has 0 radical (unpaired) electrons. The van der Waals surface area contributed by atoms with Gasteiger partial charge in [-0.05, 0) is 63.2 Å². The van der Waals surface area contributed by atoms with E-state index in [4.69, 9.17) is 9.68 Å². The first-order chi connectivity index (χ1) is 10.4. The summed E-state index contributed by atoms with van der Waals surface area (Å²) in [4.78, 5) is 11.7. The summed E-state index contributed by atoms with van der Waals surface area (Å²) in [7, 11) is 0. The second-order valence-electron chi connectivity index (χ2n) is 8.16. The third-order valence-corrected chi connectivity index (χ3v) is 7.35. The number of oxime groups is 2. The van der Waals surface area contributed by atoms with Crippen molar-refractivity contribution in [1.82, 2.24) is 0 Å². The monoisotopic (exact) mass is 286 g/mol. The van der Waals surface area contributed by atoms with Gasteiger partial charge in [0.1, 0.15) is 12.2 Å². The molecule has 4 saturated carbocycles. The Morgan fingerprint density at radius 1 is 0.762 bits per heavy atom. The fourth-order valence-corrected chi connectivity index (χ4v) is 6.69. The van der Waals surface area contributed by atoms with Crippen molar-refractivity contribution < 1.29 is 9.68 Å². The molecule has 0 amide bonds. The van der Waals surface area contributed by atoms with Gasteiger partial charge in [-0.25, -0.2) is 0 Å². The van der Waals surface area contributed by atoms with E-state index in [-0.39, 0.29) is 5.41 Å². The Morgan fingerprint density at radius 2 is 1.29 bits per heavy atom. The van der Waals surface area contributed by atoms with Crippen molar-refractivity contribution in [2.45, 2.75) is 63.6 Å². The van der Waals surface area contributed by atoms with Crippen LogP contribution in [0.3, 0.4) is 0 Å². The number of fused-ring (bicyclic) bond motifs is 2. The van der Waals surface area contributed by atoms with E-state index >= 15 is 0 Å². The highest BCUT2D eigenvalue weighted by molar-refractivity contribution is 6.17. The topological polar surface area (TPSA) is 43.2 Å². The standard InChI is InChI=1S/C17H22N2O2/c1-3-9-7-17(15-13(9)11(5-1)20-18-15)8-10-4-2-6-12-14(10)16(17)19-21-12/h9-14H,1-8H2/t9-,10-,11-,12-,13+,14+,17?/m1/s1. The maximum atomic E-state index is 5.83. The summed E-state index contributed by atoms with van der Waals surface area (Å²) in [6.07, 6.45) is 11.0. The van der Waals surface area contributed by atoms with E-state index in [1.165, 1.54) is 62.8 Å². The molecule has 0 aromatic heterocycles. The average Bonchev–Trinajstić information content (AvgIpc) is 3.23. The molecule has 4 nitrogen and oxygen atoms in total. The predicted molar refractivity (Wildman–Crippen MR) is 77.9 cm³/mol. The second-order valence-corrected chi connectivity index (χ2v) is 8.16. The van der Waals surface area contributed by atoms with Crippen LogP contribution in [0.15, 0.2) is 10.3 Å². The molecule has 2 heterocycles. The van der Waals surface area contributed by atoms with E-state index in [2.05, 4.69) is 10.3 Å². The van der Waals surface area contributed by atoms with Gasteiger partial charge >= 0.3 is 0 Å².